The average Bonchev–Trinajstić information content (AvgIpc) is 2.49. The largest absolute Gasteiger partial charge is 0.384 e. The molecule has 3 nitrogen and oxygen atoms in total. The lowest BCUT2D eigenvalue weighted by atomic mass is 10.2. The number of carbonyl (C=O) groups is 1. The summed E-state index contributed by atoms with van der Waals surface area (Å²) in [5.74, 6) is -0.318. The van der Waals surface area contributed by atoms with E-state index >= 15 is 0 Å². The fourth-order valence-electron chi connectivity index (χ4n) is 1.81. The SMILES string of the molecule is O=C(CCNc1ccccc1Br)NCc1ccc(F)cc1. The van der Waals surface area contributed by atoms with Crippen molar-refractivity contribution in [3.05, 3.63) is 64.4 Å². The molecule has 2 N–H and O–H groups in total. The molecule has 0 atom stereocenters. The number of amides is 1. The quantitative estimate of drug-likeness (QED) is 0.833. The molecule has 0 heterocycles. The standard InChI is InChI=1S/C16H16BrFN2O/c17-14-3-1-2-4-15(14)19-10-9-16(21)20-11-12-5-7-13(18)8-6-12/h1-8,19H,9-11H2,(H,20,21). The molecular formula is C16H16BrFN2O. The molecule has 0 aromatic heterocycles. The molecule has 0 unspecified atom stereocenters. The summed E-state index contributed by atoms with van der Waals surface area (Å²) in [6.45, 7) is 0.964. The smallest absolute Gasteiger partial charge is 0.222 e. The summed E-state index contributed by atoms with van der Waals surface area (Å²) in [4.78, 5) is 11.7. The lowest BCUT2D eigenvalue weighted by Crippen LogP contribution is -2.24. The molecule has 5 heteroatoms. The molecule has 0 aliphatic carbocycles. The van der Waals surface area contributed by atoms with Crippen molar-refractivity contribution >= 4 is 27.5 Å². The van der Waals surface area contributed by atoms with Gasteiger partial charge in [-0.15, -0.1) is 0 Å². The second-order valence-electron chi connectivity index (χ2n) is 4.56. The van der Waals surface area contributed by atoms with Gasteiger partial charge >= 0.3 is 0 Å². The molecular weight excluding hydrogens is 335 g/mol. The summed E-state index contributed by atoms with van der Waals surface area (Å²) in [5.41, 5.74) is 1.84. The maximum Gasteiger partial charge on any atom is 0.222 e. The molecule has 0 aliphatic heterocycles. The van der Waals surface area contributed by atoms with Crippen LogP contribution in [0.25, 0.3) is 0 Å². The van der Waals surface area contributed by atoms with E-state index in [0.29, 0.717) is 19.5 Å². The molecule has 2 aromatic rings. The Morgan fingerprint density at radius 3 is 2.52 bits per heavy atom. The van der Waals surface area contributed by atoms with Gasteiger partial charge in [0.1, 0.15) is 5.82 Å². The predicted octanol–water partition coefficient (Wildman–Crippen LogP) is 3.71. The number of halogens is 2. The van der Waals surface area contributed by atoms with Crippen LogP contribution in [0.3, 0.4) is 0 Å². The minimum absolute atomic E-state index is 0.0427. The Morgan fingerprint density at radius 2 is 1.81 bits per heavy atom. The van der Waals surface area contributed by atoms with Crippen LogP contribution in [-0.2, 0) is 11.3 Å². The number of para-hydroxylation sites is 1. The van der Waals surface area contributed by atoms with E-state index < -0.39 is 0 Å². The first kappa shape index (κ1) is 15.5. The van der Waals surface area contributed by atoms with Gasteiger partial charge in [0.2, 0.25) is 5.91 Å². The van der Waals surface area contributed by atoms with Crippen LogP contribution in [0.4, 0.5) is 10.1 Å². The lowest BCUT2D eigenvalue weighted by Gasteiger charge is -2.09. The van der Waals surface area contributed by atoms with Crippen LogP contribution < -0.4 is 10.6 Å². The monoisotopic (exact) mass is 350 g/mol. The van der Waals surface area contributed by atoms with Crippen molar-refractivity contribution in [1.82, 2.24) is 5.32 Å². The zero-order valence-corrected chi connectivity index (χ0v) is 13.0. The van der Waals surface area contributed by atoms with Gasteiger partial charge in [0.05, 0.1) is 0 Å². The molecule has 0 spiro atoms. The average molecular weight is 351 g/mol. The van der Waals surface area contributed by atoms with Crippen LogP contribution in [0.1, 0.15) is 12.0 Å². The summed E-state index contributed by atoms with van der Waals surface area (Å²) >= 11 is 3.44. The summed E-state index contributed by atoms with van der Waals surface area (Å²) in [6.07, 6.45) is 0.378. The van der Waals surface area contributed by atoms with Crippen molar-refractivity contribution in [1.29, 1.82) is 0 Å². The van der Waals surface area contributed by atoms with Crippen molar-refractivity contribution in [2.45, 2.75) is 13.0 Å². The normalized spacial score (nSPS) is 10.2. The zero-order chi connectivity index (χ0) is 15.1. The van der Waals surface area contributed by atoms with Crippen LogP contribution in [0.15, 0.2) is 53.0 Å². The van der Waals surface area contributed by atoms with Crippen LogP contribution in [0.2, 0.25) is 0 Å². The van der Waals surface area contributed by atoms with Crippen molar-refractivity contribution in [2.24, 2.45) is 0 Å². The molecule has 0 bridgehead atoms. The van der Waals surface area contributed by atoms with Gasteiger partial charge in [-0.2, -0.15) is 0 Å². The highest BCUT2D eigenvalue weighted by atomic mass is 79.9. The maximum absolute atomic E-state index is 12.7. The van der Waals surface area contributed by atoms with Gasteiger partial charge in [-0.1, -0.05) is 24.3 Å². The fraction of sp³-hybridized carbons (Fsp3) is 0.188. The van der Waals surface area contributed by atoms with Crippen molar-refractivity contribution in [2.75, 3.05) is 11.9 Å². The molecule has 2 aromatic carbocycles. The minimum atomic E-state index is -0.275. The molecule has 0 radical (unpaired) electrons. The first-order chi connectivity index (χ1) is 10.1. The van der Waals surface area contributed by atoms with Crippen LogP contribution >= 0.6 is 15.9 Å². The van der Waals surface area contributed by atoms with Gasteiger partial charge in [-0.25, -0.2) is 4.39 Å². The molecule has 2 rings (SSSR count). The molecule has 0 saturated carbocycles. The van der Waals surface area contributed by atoms with E-state index in [-0.39, 0.29) is 11.7 Å². The third-order valence-electron chi connectivity index (χ3n) is 2.94. The summed E-state index contributed by atoms with van der Waals surface area (Å²) in [6, 6.07) is 13.8. The van der Waals surface area contributed by atoms with Gasteiger partial charge in [0.15, 0.2) is 0 Å². The number of anilines is 1. The zero-order valence-electron chi connectivity index (χ0n) is 11.4. The van der Waals surface area contributed by atoms with E-state index in [1.807, 2.05) is 24.3 Å². The lowest BCUT2D eigenvalue weighted by molar-refractivity contribution is -0.121. The Kier molecular flexibility index (Phi) is 5.75. The topological polar surface area (TPSA) is 41.1 Å². The molecule has 0 aliphatic rings. The van der Waals surface area contributed by atoms with Gasteiger partial charge in [-0.05, 0) is 45.8 Å². The number of carbonyl (C=O) groups excluding carboxylic acids is 1. The second kappa shape index (κ2) is 7.78. The number of rotatable bonds is 6. The van der Waals surface area contributed by atoms with Gasteiger partial charge in [0, 0.05) is 29.7 Å². The van der Waals surface area contributed by atoms with E-state index in [4.69, 9.17) is 0 Å². The van der Waals surface area contributed by atoms with Crippen LogP contribution in [0, 0.1) is 5.82 Å². The van der Waals surface area contributed by atoms with Gasteiger partial charge in [0.25, 0.3) is 0 Å². The number of hydrogen-bond acceptors (Lipinski definition) is 2. The summed E-state index contributed by atoms with van der Waals surface area (Å²) in [7, 11) is 0. The maximum atomic E-state index is 12.7. The third-order valence-corrected chi connectivity index (χ3v) is 3.64. The Balaban J connectivity index is 1.70. The summed E-state index contributed by atoms with van der Waals surface area (Å²) in [5, 5.41) is 6.00. The van der Waals surface area contributed by atoms with E-state index in [1.165, 1.54) is 12.1 Å². The van der Waals surface area contributed by atoms with E-state index in [1.54, 1.807) is 12.1 Å². The van der Waals surface area contributed by atoms with Gasteiger partial charge in [-0.3, -0.25) is 4.79 Å². The Morgan fingerprint density at radius 1 is 1.10 bits per heavy atom. The minimum Gasteiger partial charge on any atom is -0.384 e. The van der Waals surface area contributed by atoms with Crippen LogP contribution in [0.5, 0.6) is 0 Å². The molecule has 0 fully saturated rings. The van der Waals surface area contributed by atoms with Crippen molar-refractivity contribution in [3.63, 3.8) is 0 Å². The van der Waals surface area contributed by atoms with Crippen molar-refractivity contribution in [3.8, 4) is 0 Å². The fourth-order valence-corrected chi connectivity index (χ4v) is 2.23. The Hall–Kier alpha value is -1.88. The summed E-state index contributed by atoms with van der Waals surface area (Å²) < 4.78 is 13.7. The molecule has 0 saturated heterocycles. The van der Waals surface area contributed by atoms with Crippen molar-refractivity contribution < 1.29 is 9.18 Å². The highest BCUT2D eigenvalue weighted by molar-refractivity contribution is 9.10. The highest BCUT2D eigenvalue weighted by Gasteiger charge is 2.03. The second-order valence-corrected chi connectivity index (χ2v) is 5.41. The number of benzene rings is 2. The van der Waals surface area contributed by atoms with Crippen LogP contribution in [-0.4, -0.2) is 12.5 Å². The molecule has 21 heavy (non-hydrogen) atoms. The van der Waals surface area contributed by atoms with E-state index in [0.717, 1.165) is 15.7 Å². The van der Waals surface area contributed by atoms with E-state index in [9.17, 15) is 9.18 Å². The number of hydrogen-bond donors (Lipinski definition) is 2. The Bertz CT molecular complexity index is 601. The Labute approximate surface area is 131 Å². The highest BCUT2D eigenvalue weighted by Crippen LogP contribution is 2.20. The third kappa shape index (κ3) is 5.19. The molecule has 110 valence electrons. The molecule has 1 amide bonds. The number of nitrogens with one attached hydrogen (secondary N) is 2. The van der Waals surface area contributed by atoms with Gasteiger partial charge < -0.3 is 10.6 Å². The first-order valence-electron chi connectivity index (χ1n) is 6.65. The van der Waals surface area contributed by atoms with E-state index in [2.05, 4.69) is 26.6 Å². The predicted molar refractivity (Wildman–Crippen MR) is 85.5 cm³/mol. The first-order valence-corrected chi connectivity index (χ1v) is 7.44.